The van der Waals surface area contributed by atoms with E-state index in [1.807, 2.05) is 0 Å². The highest BCUT2D eigenvalue weighted by Crippen LogP contribution is 2.35. The van der Waals surface area contributed by atoms with Gasteiger partial charge in [0.05, 0.1) is 5.56 Å². The number of hydrogen-bond donors (Lipinski definition) is 0. The summed E-state index contributed by atoms with van der Waals surface area (Å²) in [5.74, 6) is 1.22. The van der Waals surface area contributed by atoms with Crippen molar-refractivity contribution in [2.75, 3.05) is 13.2 Å². The molecule has 3 rings (SSSR count). The third-order valence-electron chi connectivity index (χ3n) is 3.32. The van der Waals surface area contributed by atoms with Crippen LogP contribution in [-0.4, -0.2) is 13.2 Å². The van der Waals surface area contributed by atoms with E-state index in [0.29, 0.717) is 24.7 Å². The minimum Gasteiger partial charge on any atom is -0.486 e. The topological polar surface area (TPSA) is 18.5 Å². The summed E-state index contributed by atoms with van der Waals surface area (Å²) in [4.78, 5) is 0. The Hall–Kier alpha value is -2.17. The monoisotopic (exact) mass is 294 g/mol. The summed E-state index contributed by atoms with van der Waals surface area (Å²) in [5.41, 5.74) is 0.414. The highest BCUT2D eigenvalue weighted by molar-refractivity contribution is 5.45. The summed E-state index contributed by atoms with van der Waals surface area (Å²) in [6.07, 6.45) is -4.14. The van der Waals surface area contributed by atoms with E-state index in [2.05, 4.69) is 0 Å². The van der Waals surface area contributed by atoms with E-state index in [4.69, 9.17) is 9.47 Å². The molecule has 0 bridgehead atoms. The standard InChI is InChI=1S/C16H13F3O2/c17-16(18,19)13-4-2-1-3-12(13)9-11-5-6-14-15(10-11)21-8-7-20-14/h1-6,10H,7-9H2. The number of ether oxygens (including phenoxy) is 2. The van der Waals surface area contributed by atoms with Gasteiger partial charge in [-0.1, -0.05) is 24.3 Å². The number of fused-ring (bicyclic) bond motifs is 1. The van der Waals surface area contributed by atoms with Crippen LogP contribution in [0.5, 0.6) is 11.5 Å². The molecule has 0 spiro atoms. The predicted molar refractivity (Wildman–Crippen MR) is 71.7 cm³/mol. The number of rotatable bonds is 2. The van der Waals surface area contributed by atoms with E-state index in [9.17, 15) is 13.2 Å². The van der Waals surface area contributed by atoms with Gasteiger partial charge in [0.25, 0.3) is 0 Å². The number of halogens is 3. The summed E-state index contributed by atoms with van der Waals surface area (Å²) in [6.45, 7) is 0.943. The minimum atomic E-state index is -4.34. The quantitative estimate of drug-likeness (QED) is 0.831. The maximum atomic E-state index is 13.0. The van der Waals surface area contributed by atoms with Gasteiger partial charge in [0, 0.05) is 0 Å². The van der Waals surface area contributed by atoms with Crippen molar-refractivity contribution >= 4 is 0 Å². The molecule has 110 valence electrons. The van der Waals surface area contributed by atoms with Crippen LogP contribution in [-0.2, 0) is 12.6 Å². The second-order valence-electron chi connectivity index (χ2n) is 4.81. The van der Waals surface area contributed by atoms with Gasteiger partial charge >= 0.3 is 6.18 Å². The highest BCUT2D eigenvalue weighted by atomic mass is 19.4. The van der Waals surface area contributed by atoms with E-state index < -0.39 is 11.7 Å². The fourth-order valence-corrected chi connectivity index (χ4v) is 2.37. The van der Waals surface area contributed by atoms with Crippen molar-refractivity contribution < 1.29 is 22.6 Å². The van der Waals surface area contributed by atoms with Crippen LogP contribution < -0.4 is 9.47 Å². The van der Waals surface area contributed by atoms with Gasteiger partial charge in [-0.3, -0.25) is 0 Å². The first-order chi connectivity index (χ1) is 10.0. The lowest BCUT2D eigenvalue weighted by molar-refractivity contribution is -0.138. The smallest absolute Gasteiger partial charge is 0.416 e. The van der Waals surface area contributed by atoms with Gasteiger partial charge in [-0.2, -0.15) is 13.2 Å². The minimum absolute atomic E-state index is 0.201. The van der Waals surface area contributed by atoms with Crippen LogP contribution in [0, 0.1) is 0 Å². The summed E-state index contributed by atoms with van der Waals surface area (Å²) in [6, 6.07) is 10.9. The van der Waals surface area contributed by atoms with Crippen molar-refractivity contribution in [1.29, 1.82) is 0 Å². The zero-order valence-electron chi connectivity index (χ0n) is 11.1. The normalized spacial score (nSPS) is 14.0. The first-order valence-electron chi connectivity index (χ1n) is 6.58. The second kappa shape index (κ2) is 5.31. The largest absolute Gasteiger partial charge is 0.486 e. The van der Waals surface area contributed by atoms with Gasteiger partial charge in [-0.25, -0.2) is 0 Å². The molecular formula is C16H13F3O2. The molecule has 0 aromatic heterocycles. The maximum absolute atomic E-state index is 13.0. The molecule has 1 aliphatic heterocycles. The van der Waals surface area contributed by atoms with Gasteiger partial charge in [-0.15, -0.1) is 0 Å². The van der Waals surface area contributed by atoms with E-state index in [-0.39, 0.29) is 12.0 Å². The van der Waals surface area contributed by atoms with Crippen LogP contribution in [0.3, 0.4) is 0 Å². The Morgan fingerprint density at radius 2 is 1.62 bits per heavy atom. The molecule has 0 fully saturated rings. The molecule has 0 atom stereocenters. The molecule has 0 unspecified atom stereocenters. The molecule has 2 nitrogen and oxygen atoms in total. The van der Waals surface area contributed by atoms with Gasteiger partial charge in [0.15, 0.2) is 11.5 Å². The lowest BCUT2D eigenvalue weighted by Gasteiger charge is -2.19. The molecule has 1 heterocycles. The summed E-state index contributed by atoms with van der Waals surface area (Å²) >= 11 is 0. The average Bonchev–Trinajstić information content (AvgIpc) is 2.46. The van der Waals surface area contributed by atoms with Gasteiger partial charge in [0.1, 0.15) is 13.2 Å². The first-order valence-corrected chi connectivity index (χ1v) is 6.58. The highest BCUT2D eigenvalue weighted by Gasteiger charge is 2.32. The van der Waals surface area contributed by atoms with Crippen LogP contribution in [0.15, 0.2) is 42.5 Å². The molecule has 0 radical (unpaired) electrons. The van der Waals surface area contributed by atoms with Gasteiger partial charge < -0.3 is 9.47 Å². The second-order valence-corrected chi connectivity index (χ2v) is 4.81. The van der Waals surface area contributed by atoms with Crippen molar-refractivity contribution in [1.82, 2.24) is 0 Å². The molecule has 1 aliphatic rings. The maximum Gasteiger partial charge on any atom is 0.416 e. The lowest BCUT2D eigenvalue weighted by atomic mass is 9.99. The van der Waals surface area contributed by atoms with Gasteiger partial charge in [-0.05, 0) is 35.7 Å². The van der Waals surface area contributed by atoms with E-state index >= 15 is 0 Å². The zero-order chi connectivity index (χ0) is 14.9. The van der Waals surface area contributed by atoms with Crippen LogP contribution >= 0.6 is 0 Å². The average molecular weight is 294 g/mol. The molecule has 0 amide bonds. The number of benzene rings is 2. The van der Waals surface area contributed by atoms with E-state index in [1.54, 1.807) is 24.3 Å². The predicted octanol–water partition coefficient (Wildman–Crippen LogP) is 4.07. The van der Waals surface area contributed by atoms with Crippen molar-refractivity contribution in [2.24, 2.45) is 0 Å². The molecule has 5 heteroatoms. The van der Waals surface area contributed by atoms with Crippen LogP contribution in [0.25, 0.3) is 0 Å². The molecule has 2 aromatic rings. The van der Waals surface area contributed by atoms with Crippen LogP contribution in [0.1, 0.15) is 16.7 Å². The van der Waals surface area contributed by atoms with Crippen LogP contribution in [0.2, 0.25) is 0 Å². The number of hydrogen-bond acceptors (Lipinski definition) is 2. The third kappa shape index (κ3) is 2.96. The molecule has 0 aliphatic carbocycles. The van der Waals surface area contributed by atoms with Crippen molar-refractivity contribution in [3.05, 3.63) is 59.2 Å². The summed E-state index contributed by atoms with van der Waals surface area (Å²) < 4.78 is 49.8. The van der Waals surface area contributed by atoms with Crippen LogP contribution in [0.4, 0.5) is 13.2 Å². The Bertz CT molecular complexity index is 650. The van der Waals surface area contributed by atoms with Gasteiger partial charge in [0.2, 0.25) is 0 Å². The van der Waals surface area contributed by atoms with E-state index in [0.717, 1.165) is 11.6 Å². The molecule has 0 N–H and O–H groups in total. The Morgan fingerprint density at radius 1 is 0.905 bits per heavy atom. The SMILES string of the molecule is FC(F)(F)c1ccccc1Cc1ccc2c(c1)OCCO2. The third-order valence-corrected chi connectivity index (χ3v) is 3.32. The molecule has 21 heavy (non-hydrogen) atoms. The zero-order valence-corrected chi connectivity index (χ0v) is 11.1. The van der Waals surface area contributed by atoms with Crippen molar-refractivity contribution in [2.45, 2.75) is 12.6 Å². The molecule has 0 saturated heterocycles. The summed E-state index contributed by atoms with van der Waals surface area (Å²) in [7, 11) is 0. The molecule has 2 aromatic carbocycles. The molecule has 0 saturated carbocycles. The summed E-state index contributed by atoms with van der Waals surface area (Å²) in [5, 5.41) is 0. The Morgan fingerprint density at radius 3 is 2.38 bits per heavy atom. The number of alkyl halides is 3. The Kier molecular flexibility index (Phi) is 3.49. The molecular weight excluding hydrogens is 281 g/mol. The first kappa shape index (κ1) is 13.8. The van der Waals surface area contributed by atoms with Crippen molar-refractivity contribution in [3.63, 3.8) is 0 Å². The Labute approximate surface area is 120 Å². The fourth-order valence-electron chi connectivity index (χ4n) is 2.37. The lowest BCUT2D eigenvalue weighted by Crippen LogP contribution is -2.15. The van der Waals surface area contributed by atoms with Crippen molar-refractivity contribution in [3.8, 4) is 11.5 Å². The fraction of sp³-hybridized carbons (Fsp3) is 0.250. The van der Waals surface area contributed by atoms with E-state index in [1.165, 1.54) is 12.1 Å². The Balaban J connectivity index is 1.91.